The minimum absolute atomic E-state index is 0.0270. The SMILES string of the molecule is CCOc1ccc(NC(=O)CCC(=O)NN=Cc2ccc([N+](=O)[O-])o2)cc1. The summed E-state index contributed by atoms with van der Waals surface area (Å²) in [4.78, 5) is 33.3. The zero-order chi connectivity index (χ0) is 19.6. The van der Waals surface area contributed by atoms with Gasteiger partial charge in [0.1, 0.15) is 10.7 Å². The summed E-state index contributed by atoms with van der Waals surface area (Å²) in [6.07, 6.45) is 1.03. The van der Waals surface area contributed by atoms with Gasteiger partial charge in [0.05, 0.1) is 18.9 Å². The molecule has 10 nitrogen and oxygen atoms in total. The van der Waals surface area contributed by atoms with Crippen molar-refractivity contribution < 1.29 is 23.7 Å². The molecule has 142 valence electrons. The number of anilines is 1. The second-order valence-electron chi connectivity index (χ2n) is 5.23. The number of nitrogens with zero attached hydrogens (tertiary/aromatic N) is 2. The Balaban J connectivity index is 1.71. The zero-order valence-electron chi connectivity index (χ0n) is 14.5. The molecule has 1 aromatic carbocycles. The summed E-state index contributed by atoms with van der Waals surface area (Å²) < 4.78 is 10.2. The summed E-state index contributed by atoms with van der Waals surface area (Å²) >= 11 is 0. The van der Waals surface area contributed by atoms with Crippen molar-refractivity contribution in [3.05, 3.63) is 52.3 Å². The largest absolute Gasteiger partial charge is 0.494 e. The third-order valence-electron chi connectivity index (χ3n) is 3.20. The second kappa shape index (κ2) is 9.70. The van der Waals surface area contributed by atoms with Crippen molar-refractivity contribution in [2.24, 2.45) is 5.10 Å². The number of hydrogen-bond acceptors (Lipinski definition) is 7. The topological polar surface area (TPSA) is 136 Å². The number of carbonyl (C=O) groups is 2. The molecule has 0 aliphatic carbocycles. The predicted octanol–water partition coefficient (Wildman–Crippen LogP) is 2.46. The number of nitro groups is 1. The van der Waals surface area contributed by atoms with Crippen LogP contribution in [0.15, 0.2) is 45.9 Å². The van der Waals surface area contributed by atoms with Crippen molar-refractivity contribution in [1.82, 2.24) is 5.43 Å². The molecule has 2 rings (SSSR count). The summed E-state index contributed by atoms with van der Waals surface area (Å²) in [6.45, 7) is 2.43. The molecule has 0 fully saturated rings. The lowest BCUT2D eigenvalue weighted by atomic mass is 10.2. The average molecular weight is 374 g/mol. The molecule has 0 spiro atoms. The van der Waals surface area contributed by atoms with Crippen LogP contribution in [0.4, 0.5) is 11.6 Å². The lowest BCUT2D eigenvalue weighted by molar-refractivity contribution is -0.402. The fourth-order valence-corrected chi connectivity index (χ4v) is 1.99. The van der Waals surface area contributed by atoms with Gasteiger partial charge in [-0.1, -0.05) is 0 Å². The number of carbonyl (C=O) groups excluding carboxylic acids is 2. The standard InChI is InChI=1S/C17H18N4O6/c1-2-26-13-5-3-12(4-6-13)19-15(22)8-9-16(23)20-18-11-14-7-10-17(27-14)21(24)25/h3-7,10-11H,2,8-9H2,1H3,(H,19,22)(H,20,23). The van der Waals surface area contributed by atoms with Crippen LogP contribution in [-0.2, 0) is 9.59 Å². The van der Waals surface area contributed by atoms with E-state index >= 15 is 0 Å². The first-order chi connectivity index (χ1) is 13.0. The summed E-state index contributed by atoms with van der Waals surface area (Å²) in [7, 11) is 0. The van der Waals surface area contributed by atoms with Gasteiger partial charge in [0.25, 0.3) is 0 Å². The molecule has 0 atom stereocenters. The van der Waals surface area contributed by atoms with Gasteiger partial charge in [0.15, 0.2) is 5.76 Å². The molecule has 2 amide bonds. The Kier molecular flexibility index (Phi) is 7.06. The lowest BCUT2D eigenvalue weighted by Gasteiger charge is -2.06. The minimum Gasteiger partial charge on any atom is -0.494 e. The fraction of sp³-hybridized carbons (Fsp3) is 0.235. The molecule has 0 saturated heterocycles. The van der Waals surface area contributed by atoms with E-state index in [0.717, 1.165) is 6.21 Å². The molecule has 0 saturated carbocycles. The number of hydrogen-bond donors (Lipinski definition) is 2. The molecule has 10 heteroatoms. The van der Waals surface area contributed by atoms with Crippen LogP contribution in [0.3, 0.4) is 0 Å². The van der Waals surface area contributed by atoms with Gasteiger partial charge in [-0.25, -0.2) is 5.43 Å². The monoisotopic (exact) mass is 374 g/mol. The smallest absolute Gasteiger partial charge is 0.433 e. The molecule has 2 aromatic rings. The van der Waals surface area contributed by atoms with E-state index in [1.165, 1.54) is 12.1 Å². The van der Waals surface area contributed by atoms with Crippen LogP contribution >= 0.6 is 0 Å². The van der Waals surface area contributed by atoms with Crippen LogP contribution in [0.2, 0.25) is 0 Å². The Hall–Kier alpha value is -3.69. The number of hydrazone groups is 1. The number of benzene rings is 1. The number of nitrogens with one attached hydrogen (secondary N) is 2. The maximum absolute atomic E-state index is 11.8. The van der Waals surface area contributed by atoms with Crippen LogP contribution in [-0.4, -0.2) is 29.6 Å². The van der Waals surface area contributed by atoms with E-state index < -0.39 is 16.7 Å². The van der Waals surface area contributed by atoms with Crippen LogP contribution in [0.5, 0.6) is 5.75 Å². The quantitative estimate of drug-likeness (QED) is 0.393. The van der Waals surface area contributed by atoms with E-state index in [0.29, 0.717) is 18.0 Å². The molecule has 0 bridgehead atoms. The van der Waals surface area contributed by atoms with E-state index in [1.54, 1.807) is 24.3 Å². The normalized spacial score (nSPS) is 10.6. The number of rotatable bonds is 9. The van der Waals surface area contributed by atoms with E-state index in [4.69, 9.17) is 9.15 Å². The first-order valence-corrected chi connectivity index (χ1v) is 8.06. The molecule has 0 aliphatic heterocycles. The van der Waals surface area contributed by atoms with Gasteiger partial charge < -0.3 is 14.5 Å². The van der Waals surface area contributed by atoms with Crippen molar-refractivity contribution in [2.45, 2.75) is 19.8 Å². The summed E-state index contributed by atoms with van der Waals surface area (Å²) in [5, 5.41) is 16.8. The van der Waals surface area contributed by atoms with E-state index in [9.17, 15) is 19.7 Å². The molecular weight excluding hydrogens is 356 g/mol. The van der Waals surface area contributed by atoms with Crippen molar-refractivity contribution in [3.63, 3.8) is 0 Å². The van der Waals surface area contributed by atoms with Crippen molar-refractivity contribution >= 4 is 29.6 Å². The Morgan fingerprint density at radius 2 is 1.89 bits per heavy atom. The van der Waals surface area contributed by atoms with Crippen LogP contribution in [0.1, 0.15) is 25.5 Å². The van der Waals surface area contributed by atoms with Gasteiger partial charge in [-0.15, -0.1) is 0 Å². The predicted molar refractivity (Wildman–Crippen MR) is 96.6 cm³/mol. The Morgan fingerprint density at radius 3 is 2.52 bits per heavy atom. The third-order valence-corrected chi connectivity index (χ3v) is 3.20. The zero-order valence-corrected chi connectivity index (χ0v) is 14.5. The Labute approximate surface area is 154 Å². The fourth-order valence-electron chi connectivity index (χ4n) is 1.99. The molecule has 1 aromatic heterocycles. The van der Waals surface area contributed by atoms with Crippen LogP contribution in [0.25, 0.3) is 0 Å². The summed E-state index contributed by atoms with van der Waals surface area (Å²) in [5.41, 5.74) is 2.81. The van der Waals surface area contributed by atoms with Crippen molar-refractivity contribution in [1.29, 1.82) is 0 Å². The molecule has 0 unspecified atom stereocenters. The van der Waals surface area contributed by atoms with E-state index in [-0.39, 0.29) is 24.5 Å². The molecule has 1 heterocycles. The van der Waals surface area contributed by atoms with Gasteiger partial charge in [-0.3, -0.25) is 19.7 Å². The lowest BCUT2D eigenvalue weighted by Crippen LogP contribution is -2.20. The third kappa shape index (κ3) is 6.61. The maximum atomic E-state index is 11.8. The highest BCUT2D eigenvalue weighted by Gasteiger charge is 2.10. The number of amides is 2. The second-order valence-corrected chi connectivity index (χ2v) is 5.23. The molecule has 2 N–H and O–H groups in total. The van der Waals surface area contributed by atoms with Gasteiger partial charge in [0.2, 0.25) is 11.8 Å². The Bertz CT molecular complexity index is 828. The number of ether oxygens (including phenoxy) is 1. The molecular formula is C17H18N4O6. The maximum Gasteiger partial charge on any atom is 0.433 e. The molecule has 0 aliphatic rings. The van der Waals surface area contributed by atoms with E-state index in [1.807, 2.05) is 6.92 Å². The van der Waals surface area contributed by atoms with Gasteiger partial charge >= 0.3 is 5.88 Å². The van der Waals surface area contributed by atoms with Crippen molar-refractivity contribution in [3.8, 4) is 5.75 Å². The highest BCUT2D eigenvalue weighted by molar-refractivity contribution is 5.93. The molecule has 27 heavy (non-hydrogen) atoms. The molecule has 0 radical (unpaired) electrons. The highest BCUT2D eigenvalue weighted by atomic mass is 16.6. The summed E-state index contributed by atoms with van der Waals surface area (Å²) in [5.74, 6) is -0.396. The van der Waals surface area contributed by atoms with Crippen molar-refractivity contribution in [2.75, 3.05) is 11.9 Å². The van der Waals surface area contributed by atoms with Gasteiger partial charge in [-0.05, 0) is 37.3 Å². The van der Waals surface area contributed by atoms with E-state index in [2.05, 4.69) is 15.8 Å². The average Bonchev–Trinajstić information content (AvgIpc) is 3.11. The minimum atomic E-state index is -0.682. The highest BCUT2D eigenvalue weighted by Crippen LogP contribution is 2.16. The first-order valence-electron chi connectivity index (χ1n) is 8.06. The Morgan fingerprint density at radius 1 is 1.19 bits per heavy atom. The number of furan rings is 1. The van der Waals surface area contributed by atoms with Gasteiger partial charge in [-0.2, -0.15) is 5.10 Å². The summed E-state index contributed by atoms with van der Waals surface area (Å²) in [6, 6.07) is 9.40. The van der Waals surface area contributed by atoms with Crippen LogP contribution < -0.4 is 15.5 Å². The first kappa shape index (κ1) is 19.6. The van der Waals surface area contributed by atoms with Crippen LogP contribution in [0, 0.1) is 10.1 Å². The van der Waals surface area contributed by atoms with Gasteiger partial charge in [0, 0.05) is 18.5 Å².